The first-order valence-electron chi connectivity index (χ1n) is 6.62. The van der Waals surface area contributed by atoms with Crippen molar-refractivity contribution in [2.75, 3.05) is 14.2 Å². The molecule has 0 saturated heterocycles. The quantitative estimate of drug-likeness (QED) is 0.758. The zero-order chi connectivity index (χ0) is 14.9. The van der Waals surface area contributed by atoms with Gasteiger partial charge in [0, 0.05) is 18.7 Å². The van der Waals surface area contributed by atoms with Crippen LogP contribution in [0.1, 0.15) is 25.3 Å². The first-order valence-corrected chi connectivity index (χ1v) is 8.60. The minimum Gasteiger partial charge on any atom is -0.496 e. The molecule has 0 radical (unpaired) electrons. The van der Waals surface area contributed by atoms with Gasteiger partial charge >= 0.3 is 0 Å². The molecule has 1 aliphatic rings. The predicted octanol–water partition coefficient (Wildman–Crippen LogP) is 2.85. The molecule has 1 atom stereocenters. The number of methoxy groups -OCH3 is 1. The number of halogens is 1. The molecule has 1 saturated carbocycles. The second kappa shape index (κ2) is 5.92. The fourth-order valence-electron chi connectivity index (χ4n) is 2.28. The minimum absolute atomic E-state index is 0.0292. The predicted molar refractivity (Wildman–Crippen MR) is 79.7 cm³/mol. The standard InChI is InChI=1S/C14H20ClNO3S/c1-10(11-4-5-11)16(2)20(17,18)13-6-7-14(19-3)12(8-13)9-15/h6-8,10-11H,4-5,9H2,1-3H3. The summed E-state index contributed by atoms with van der Waals surface area (Å²) in [5.74, 6) is 1.31. The Hall–Kier alpha value is -0.780. The molecule has 1 fully saturated rings. The molecule has 1 aromatic rings. The van der Waals surface area contributed by atoms with Gasteiger partial charge in [-0.1, -0.05) is 0 Å². The summed E-state index contributed by atoms with van der Waals surface area (Å²) >= 11 is 5.85. The van der Waals surface area contributed by atoms with E-state index in [-0.39, 0.29) is 16.8 Å². The smallest absolute Gasteiger partial charge is 0.243 e. The molecule has 0 aliphatic heterocycles. The van der Waals surface area contributed by atoms with Gasteiger partial charge in [0.2, 0.25) is 10.0 Å². The lowest BCUT2D eigenvalue weighted by Crippen LogP contribution is -2.36. The Balaban J connectivity index is 2.33. The van der Waals surface area contributed by atoms with E-state index < -0.39 is 10.0 Å². The molecule has 2 rings (SSSR count). The SMILES string of the molecule is COc1ccc(S(=O)(=O)N(C)C(C)C2CC2)cc1CCl. The number of hydrogen-bond donors (Lipinski definition) is 0. The number of ether oxygens (including phenoxy) is 1. The summed E-state index contributed by atoms with van der Waals surface area (Å²) in [5, 5.41) is 0. The lowest BCUT2D eigenvalue weighted by atomic mass is 10.2. The van der Waals surface area contributed by atoms with Crippen molar-refractivity contribution in [3.63, 3.8) is 0 Å². The van der Waals surface area contributed by atoms with Crippen molar-refractivity contribution in [1.29, 1.82) is 0 Å². The average Bonchev–Trinajstić information content (AvgIpc) is 3.29. The highest BCUT2D eigenvalue weighted by Crippen LogP contribution is 2.36. The van der Waals surface area contributed by atoms with Crippen LogP contribution in [-0.2, 0) is 15.9 Å². The van der Waals surface area contributed by atoms with E-state index in [4.69, 9.17) is 16.3 Å². The highest BCUT2D eigenvalue weighted by atomic mass is 35.5. The van der Waals surface area contributed by atoms with E-state index in [0.29, 0.717) is 17.2 Å². The van der Waals surface area contributed by atoms with Crippen molar-refractivity contribution < 1.29 is 13.2 Å². The van der Waals surface area contributed by atoms with Crippen molar-refractivity contribution in [3.8, 4) is 5.75 Å². The van der Waals surface area contributed by atoms with Gasteiger partial charge in [-0.15, -0.1) is 11.6 Å². The van der Waals surface area contributed by atoms with Crippen molar-refractivity contribution in [2.45, 2.75) is 36.6 Å². The molecule has 4 nitrogen and oxygen atoms in total. The van der Waals surface area contributed by atoms with E-state index in [0.717, 1.165) is 12.8 Å². The summed E-state index contributed by atoms with van der Waals surface area (Å²) in [6.07, 6.45) is 2.22. The topological polar surface area (TPSA) is 46.6 Å². The minimum atomic E-state index is -3.48. The lowest BCUT2D eigenvalue weighted by Gasteiger charge is -2.24. The van der Waals surface area contributed by atoms with E-state index in [1.165, 1.54) is 4.31 Å². The van der Waals surface area contributed by atoms with Gasteiger partial charge in [-0.05, 0) is 43.9 Å². The third kappa shape index (κ3) is 2.95. The van der Waals surface area contributed by atoms with Gasteiger partial charge in [-0.25, -0.2) is 8.42 Å². The molecule has 0 bridgehead atoms. The number of benzene rings is 1. The summed E-state index contributed by atoms with van der Waals surface area (Å²) in [6.45, 7) is 1.96. The van der Waals surface area contributed by atoms with Crippen LogP contribution in [0.25, 0.3) is 0 Å². The fourth-order valence-corrected chi connectivity index (χ4v) is 3.96. The van der Waals surface area contributed by atoms with Crippen LogP contribution >= 0.6 is 11.6 Å². The van der Waals surface area contributed by atoms with E-state index in [2.05, 4.69) is 0 Å². The van der Waals surface area contributed by atoms with E-state index in [1.54, 1.807) is 32.4 Å². The van der Waals surface area contributed by atoms with E-state index in [9.17, 15) is 8.42 Å². The largest absolute Gasteiger partial charge is 0.496 e. The zero-order valence-corrected chi connectivity index (χ0v) is 13.5. The van der Waals surface area contributed by atoms with Gasteiger partial charge in [0.1, 0.15) is 5.75 Å². The van der Waals surface area contributed by atoms with Gasteiger partial charge in [-0.3, -0.25) is 0 Å². The van der Waals surface area contributed by atoms with Crippen molar-refractivity contribution in [3.05, 3.63) is 23.8 Å². The van der Waals surface area contributed by atoms with Crippen molar-refractivity contribution in [1.82, 2.24) is 4.31 Å². The Bertz CT molecular complexity index is 584. The molecule has 1 aromatic carbocycles. The van der Waals surface area contributed by atoms with Crippen LogP contribution in [-0.4, -0.2) is 32.9 Å². The Morgan fingerprint density at radius 1 is 1.45 bits per heavy atom. The third-order valence-corrected chi connectivity index (χ3v) is 6.18. The van der Waals surface area contributed by atoms with Crippen LogP contribution in [0.2, 0.25) is 0 Å². The van der Waals surface area contributed by atoms with Crippen LogP contribution in [0.3, 0.4) is 0 Å². The van der Waals surface area contributed by atoms with Gasteiger partial charge in [-0.2, -0.15) is 4.31 Å². The first-order chi connectivity index (χ1) is 9.41. The molecule has 0 N–H and O–H groups in total. The normalized spacial score (nSPS) is 17.2. The van der Waals surface area contributed by atoms with Crippen LogP contribution < -0.4 is 4.74 Å². The molecule has 0 spiro atoms. The molecular formula is C14H20ClNO3S. The van der Waals surface area contributed by atoms with Crippen LogP contribution in [0.4, 0.5) is 0 Å². The highest BCUT2D eigenvalue weighted by Gasteiger charge is 2.36. The third-order valence-electron chi connectivity index (χ3n) is 3.95. The summed E-state index contributed by atoms with van der Waals surface area (Å²) < 4.78 is 31.9. The zero-order valence-electron chi connectivity index (χ0n) is 12.0. The molecule has 6 heteroatoms. The van der Waals surface area contributed by atoms with Gasteiger partial charge in [0.05, 0.1) is 17.9 Å². The van der Waals surface area contributed by atoms with Crippen LogP contribution in [0.15, 0.2) is 23.1 Å². The Labute approximate surface area is 125 Å². The maximum atomic E-state index is 12.6. The molecule has 1 aliphatic carbocycles. The molecule has 1 unspecified atom stereocenters. The molecule has 20 heavy (non-hydrogen) atoms. The Morgan fingerprint density at radius 3 is 2.60 bits per heavy atom. The maximum Gasteiger partial charge on any atom is 0.243 e. The van der Waals surface area contributed by atoms with Crippen LogP contribution in [0, 0.1) is 5.92 Å². The fraction of sp³-hybridized carbons (Fsp3) is 0.571. The van der Waals surface area contributed by atoms with Gasteiger partial charge in [0.15, 0.2) is 0 Å². The molecule has 0 amide bonds. The van der Waals surface area contributed by atoms with Crippen LogP contribution in [0.5, 0.6) is 5.75 Å². The lowest BCUT2D eigenvalue weighted by molar-refractivity contribution is 0.357. The monoisotopic (exact) mass is 317 g/mol. The number of nitrogens with zero attached hydrogens (tertiary/aromatic N) is 1. The second-order valence-corrected chi connectivity index (χ2v) is 7.47. The van der Waals surface area contributed by atoms with Gasteiger partial charge < -0.3 is 4.74 Å². The number of hydrogen-bond acceptors (Lipinski definition) is 3. The first kappa shape index (κ1) is 15.6. The van der Waals surface area contributed by atoms with Crippen molar-refractivity contribution >= 4 is 21.6 Å². The molecule has 112 valence electrons. The van der Waals surface area contributed by atoms with Crippen molar-refractivity contribution in [2.24, 2.45) is 5.92 Å². The summed E-state index contributed by atoms with van der Waals surface area (Å²) in [7, 11) is -0.297. The summed E-state index contributed by atoms with van der Waals surface area (Å²) in [5.41, 5.74) is 0.683. The number of alkyl halides is 1. The summed E-state index contributed by atoms with van der Waals surface area (Å²) in [6, 6.07) is 4.85. The Morgan fingerprint density at radius 2 is 2.10 bits per heavy atom. The highest BCUT2D eigenvalue weighted by molar-refractivity contribution is 7.89. The molecule has 0 aromatic heterocycles. The maximum absolute atomic E-state index is 12.6. The number of rotatable bonds is 6. The van der Waals surface area contributed by atoms with E-state index >= 15 is 0 Å². The number of sulfonamides is 1. The Kier molecular flexibility index (Phi) is 4.62. The van der Waals surface area contributed by atoms with E-state index in [1.807, 2.05) is 6.92 Å². The van der Waals surface area contributed by atoms with Gasteiger partial charge in [0.25, 0.3) is 0 Å². The summed E-state index contributed by atoms with van der Waals surface area (Å²) in [4.78, 5) is 0.268. The molecule has 0 heterocycles. The molecular weight excluding hydrogens is 298 g/mol. The average molecular weight is 318 g/mol. The second-order valence-electron chi connectivity index (χ2n) is 5.21.